The molecule has 2 heteroatoms. The van der Waals surface area contributed by atoms with E-state index < -0.39 is 0 Å². The summed E-state index contributed by atoms with van der Waals surface area (Å²) in [5, 5.41) is 0.745. The molecule has 0 aliphatic rings. The first-order valence-electron chi connectivity index (χ1n) is 5.98. The summed E-state index contributed by atoms with van der Waals surface area (Å²) in [6.07, 6.45) is 0.751. The zero-order valence-corrected chi connectivity index (χ0v) is 9.89. The molecule has 0 unspecified atom stereocenters. The van der Waals surface area contributed by atoms with Gasteiger partial charge < -0.3 is 4.98 Å². The highest BCUT2D eigenvalue weighted by atomic mass is 16.1. The summed E-state index contributed by atoms with van der Waals surface area (Å²) < 4.78 is 0. The van der Waals surface area contributed by atoms with Crippen LogP contribution in [0.15, 0.2) is 65.5 Å². The number of H-pyrrole nitrogens is 1. The van der Waals surface area contributed by atoms with E-state index in [4.69, 9.17) is 0 Å². The maximum Gasteiger partial charge on any atom is 0.189 e. The van der Waals surface area contributed by atoms with Crippen LogP contribution in [0.1, 0.15) is 11.3 Å². The summed E-state index contributed by atoms with van der Waals surface area (Å²) in [6, 6.07) is 19.4. The Morgan fingerprint density at radius 3 is 2.44 bits per heavy atom. The van der Waals surface area contributed by atoms with E-state index in [0.29, 0.717) is 0 Å². The molecule has 0 aliphatic heterocycles. The molecular weight excluding hydrogens is 222 g/mol. The first-order chi connectivity index (χ1) is 8.83. The number of fused-ring (bicyclic) bond motifs is 1. The van der Waals surface area contributed by atoms with Crippen LogP contribution in [0, 0.1) is 0 Å². The second-order valence-electron chi connectivity index (χ2n) is 4.37. The third kappa shape index (κ3) is 2.05. The Morgan fingerprint density at radius 1 is 0.889 bits per heavy atom. The van der Waals surface area contributed by atoms with E-state index in [-0.39, 0.29) is 5.43 Å². The first-order valence-corrected chi connectivity index (χ1v) is 5.98. The van der Waals surface area contributed by atoms with E-state index in [1.54, 1.807) is 6.07 Å². The lowest BCUT2D eigenvalue weighted by molar-refractivity contribution is 1.09. The van der Waals surface area contributed by atoms with Crippen LogP contribution in [0.2, 0.25) is 0 Å². The minimum absolute atomic E-state index is 0.0790. The minimum Gasteiger partial charge on any atom is -0.358 e. The van der Waals surface area contributed by atoms with Crippen LogP contribution < -0.4 is 5.43 Å². The summed E-state index contributed by atoms with van der Waals surface area (Å²) in [6.45, 7) is 0. The Morgan fingerprint density at radius 2 is 1.61 bits per heavy atom. The molecule has 1 heterocycles. The fourth-order valence-electron chi connectivity index (χ4n) is 2.16. The van der Waals surface area contributed by atoms with Gasteiger partial charge >= 0.3 is 0 Å². The largest absolute Gasteiger partial charge is 0.358 e. The number of nitrogens with one attached hydrogen (secondary N) is 1. The van der Waals surface area contributed by atoms with E-state index in [9.17, 15) is 4.79 Å². The van der Waals surface area contributed by atoms with Gasteiger partial charge in [-0.25, -0.2) is 0 Å². The van der Waals surface area contributed by atoms with Crippen molar-refractivity contribution >= 4 is 10.9 Å². The molecule has 0 amide bonds. The molecular formula is C16H13NO. The summed E-state index contributed by atoms with van der Waals surface area (Å²) in [5.41, 5.74) is 3.12. The van der Waals surface area contributed by atoms with Gasteiger partial charge in [-0.1, -0.05) is 42.5 Å². The minimum atomic E-state index is 0.0790. The molecule has 2 aromatic carbocycles. The molecule has 88 valence electrons. The first kappa shape index (κ1) is 10.8. The number of hydrogen-bond donors (Lipinski definition) is 1. The number of aromatic nitrogens is 1. The molecule has 3 rings (SSSR count). The second-order valence-corrected chi connectivity index (χ2v) is 4.37. The fourth-order valence-corrected chi connectivity index (χ4v) is 2.16. The highest BCUT2D eigenvalue weighted by molar-refractivity contribution is 5.78. The van der Waals surface area contributed by atoms with E-state index >= 15 is 0 Å². The monoisotopic (exact) mass is 235 g/mol. The molecule has 0 fully saturated rings. The Bertz CT molecular complexity index is 729. The van der Waals surface area contributed by atoms with E-state index in [0.717, 1.165) is 23.0 Å². The van der Waals surface area contributed by atoms with Crippen molar-refractivity contribution in [2.24, 2.45) is 0 Å². The SMILES string of the molecule is O=c1cc(Cc2ccccc2)[nH]c2ccccc12. The topological polar surface area (TPSA) is 32.9 Å². The smallest absolute Gasteiger partial charge is 0.189 e. The van der Waals surface area contributed by atoms with Crippen molar-refractivity contribution in [2.75, 3.05) is 0 Å². The van der Waals surface area contributed by atoms with Crippen LogP contribution in [0.25, 0.3) is 10.9 Å². The Kier molecular flexibility index (Phi) is 2.69. The highest BCUT2D eigenvalue weighted by Gasteiger charge is 2.02. The number of aromatic amines is 1. The number of hydrogen-bond acceptors (Lipinski definition) is 1. The van der Waals surface area contributed by atoms with Crippen molar-refractivity contribution < 1.29 is 0 Å². The van der Waals surface area contributed by atoms with E-state index in [1.165, 1.54) is 5.56 Å². The van der Waals surface area contributed by atoms with Crippen LogP contribution in [-0.4, -0.2) is 4.98 Å². The number of rotatable bonds is 2. The summed E-state index contributed by atoms with van der Waals surface area (Å²) in [5.74, 6) is 0. The quantitative estimate of drug-likeness (QED) is 0.727. The number of benzene rings is 2. The summed E-state index contributed by atoms with van der Waals surface area (Å²) in [4.78, 5) is 15.3. The second kappa shape index (κ2) is 4.49. The van der Waals surface area contributed by atoms with Crippen LogP contribution >= 0.6 is 0 Å². The lowest BCUT2D eigenvalue weighted by atomic mass is 10.1. The standard InChI is InChI=1S/C16H13NO/c18-16-11-13(10-12-6-2-1-3-7-12)17-15-9-5-4-8-14(15)16/h1-9,11H,10H2,(H,17,18). The molecule has 1 aromatic heterocycles. The molecule has 2 nitrogen and oxygen atoms in total. The van der Waals surface area contributed by atoms with Crippen molar-refractivity contribution in [2.45, 2.75) is 6.42 Å². The predicted octanol–water partition coefficient (Wildman–Crippen LogP) is 3.12. The molecule has 18 heavy (non-hydrogen) atoms. The van der Waals surface area contributed by atoms with Gasteiger partial charge in [0.2, 0.25) is 0 Å². The molecule has 0 saturated heterocycles. The van der Waals surface area contributed by atoms with Crippen molar-refractivity contribution in [3.63, 3.8) is 0 Å². The van der Waals surface area contributed by atoms with Crippen LogP contribution in [-0.2, 0) is 6.42 Å². The zero-order valence-electron chi connectivity index (χ0n) is 9.89. The molecule has 3 aromatic rings. The Labute approximate surface area is 105 Å². The third-order valence-electron chi connectivity index (χ3n) is 3.03. The van der Waals surface area contributed by atoms with Crippen LogP contribution in [0.5, 0.6) is 0 Å². The summed E-state index contributed by atoms with van der Waals surface area (Å²) in [7, 11) is 0. The van der Waals surface area contributed by atoms with Gasteiger partial charge in [0.1, 0.15) is 0 Å². The molecule has 0 atom stereocenters. The predicted molar refractivity (Wildman–Crippen MR) is 73.8 cm³/mol. The number of pyridine rings is 1. The molecule has 0 spiro atoms. The van der Waals surface area contributed by atoms with Gasteiger partial charge in [0.25, 0.3) is 0 Å². The van der Waals surface area contributed by atoms with Gasteiger partial charge in [-0.3, -0.25) is 4.79 Å². The zero-order chi connectivity index (χ0) is 12.4. The Hall–Kier alpha value is -2.35. The van der Waals surface area contributed by atoms with Crippen LogP contribution in [0.4, 0.5) is 0 Å². The van der Waals surface area contributed by atoms with Gasteiger partial charge in [-0.05, 0) is 17.7 Å². The normalized spacial score (nSPS) is 10.7. The fraction of sp³-hybridized carbons (Fsp3) is 0.0625. The lowest BCUT2D eigenvalue weighted by Crippen LogP contribution is -2.05. The van der Waals surface area contributed by atoms with Crippen molar-refractivity contribution in [3.8, 4) is 0 Å². The van der Waals surface area contributed by atoms with Crippen molar-refractivity contribution in [1.29, 1.82) is 0 Å². The van der Waals surface area contributed by atoms with Gasteiger partial charge in [0.15, 0.2) is 5.43 Å². The van der Waals surface area contributed by atoms with Crippen LogP contribution in [0.3, 0.4) is 0 Å². The average Bonchev–Trinajstić information content (AvgIpc) is 2.40. The molecule has 0 saturated carbocycles. The highest BCUT2D eigenvalue weighted by Crippen LogP contribution is 2.10. The maximum atomic E-state index is 12.0. The Balaban J connectivity index is 2.06. The van der Waals surface area contributed by atoms with Gasteiger partial charge in [-0.15, -0.1) is 0 Å². The molecule has 1 N–H and O–H groups in total. The van der Waals surface area contributed by atoms with Gasteiger partial charge in [0, 0.05) is 29.1 Å². The lowest BCUT2D eigenvalue weighted by Gasteiger charge is -2.04. The summed E-state index contributed by atoms with van der Waals surface area (Å²) >= 11 is 0. The number of para-hydroxylation sites is 1. The molecule has 0 radical (unpaired) electrons. The van der Waals surface area contributed by atoms with E-state index in [2.05, 4.69) is 17.1 Å². The van der Waals surface area contributed by atoms with Crippen molar-refractivity contribution in [1.82, 2.24) is 4.98 Å². The third-order valence-corrected chi connectivity index (χ3v) is 3.03. The molecule has 0 bridgehead atoms. The maximum absolute atomic E-state index is 12.0. The van der Waals surface area contributed by atoms with Crippen molar-refractivity contribution in [3.05, 3.63) is 82.1 Å². The average molecular weight is 235 g/mol. The van der Waals surface area contributed by atoms with E-state index in [1.807, 2.05) is 42.5 Å². The molecule has 0 aliphatic carbocycles. The van der Waals surface area contributed by atoms with Gasteiger partial charge in [-0.2, -0.15) is 0 Å². The van der Waals surface area contributed by atoms with Gasteiger partial charge in [0.05, 0.1) is 0 Å².